The zero-order valence-electron chi connectivity index (χ0n) is 15.4. The number of hydrogen-bond acceptors (Lipinski definition) is 6. The molecule has 145 valence electrons. The highest BCUT2D eigenvalue weighted by molar-refractivity contribution is 5.77. The molecule has 1 aliphatic rings. The molecule has 1 saturated heterocycles. The Morgan fingerprint density at radius 1 is 1.26 bits per heavy atom. The maximum absolute atomic E-state index is 13.4. The average Bonchev–Trinajstić information content (AvgIpc) is 2.51. The summed E-state index contributed by atoms with van der Waals surface area (Å²) >= 11 is 0. The zero-order chi connectivity index (χ0) is 20.2. The van der Waals surface area contributed by atoms with Crippen molar-refractivity contribution in [2.24, 2.45) is 0 Å². The van der Waals surface area contributed by atoms with Gasteiger partial charge < -0.3 is 15.1 Å². The summed E-state index contributed by atoms with van der Waals surface area (Å²) in [5.74, 6) is 0.0584. The summed E-state index contributed by atoms with van der Waals surface area (Å²) in [7, 11) is 0. The van der Waals surface area contributed by atoms with Crippen LogP contribution in [0.3, 0.4) is 0 Å². The van der Waals surface area contributed by atoms with Crippen molar-refractivity contribution in [3.63, 3.8) is 0 Å². The number of aliphatic hydroxyl groups is 2. The van der Waals surface area contributed by atoms with Gasteiger partial charge in [-0.3, -0.25) is 0 Å². The number of rotatable bonds is 3. The number of hydrogen-bond donors (Lipinski definition) is 2. The molecule has 1 aliphatic heterocycles. The van der Waals surface area contributed by atoms with E-state index >= 15 is 0 Å². The van der Waals surface area contributed by atoms with Gasteiger partial charge in [0.05, 0.1) is 17.4 Å². The number of anilines is 1. The van der Waals surface area contributed by atoms with Crippen molar-refractivity contribution in [3.05, 3.63) is 35.3 Å². The van der Waals surface area contributed by atoms with Crippen LogP contribution < -0.4 is 4.90 Å². The van der Waals surface area contributed by atoms with Gasteiger partial charge in [-0.05, 0) is 39.3 Å². The molecule has 0 bridgehead atoms. The average molecular weight is 381 g/mol. The molecule has 2 aromatic heterocycles. The molecule has 2 aromatic rings. The van der Waals surface area contributed by atoms with Crippen molar-refractivity contribution in [2.45, 2.75) is 51.6 Å². The van der Waals surface area contributed by atoms with E-state index in [1.54, 1.807) is 19.9 Å². The molecule has 2 N–H and O–H groups in total. The first-order chi connectivity index (χ1) is 12.4. The SMILES string of the molecule is Cc1ccnc(-c2c(N3CCC3(O)C(F)(F)F)n[c]c(C(C)(C)O)c2C)n1. The van der Waals surface area contributed by atoms with Crippen LogP contribution in [0.25, 0.3) is 11.4 Å². The van der Waals surface area contributed by atoms with Gasteiger partial charge in [0, 0.05) is 30.4 Å². The largest absolute Gasteiger partial charge is 0.436 e. The van der Waals surface area contributed by atoms with Crippen molar-refractivity contribution in [2.75, 3.05) is 11.4 Å². The van der Waals surface area contributed by atoms with Gasteiger partial charge in [-0.1, -0.05) is 0 Å². The highest BCUT2D eigenvalue weighted by Gasteiger charge is 2.63. The summed E-state index contributed by atoms with van der Waals surface area (Å²) in [6, 6.07) is 1.66. The summed E-state index contributed by atoms with van der Waals surface area (Å²) in [6.45, 7) is 6.40. The quantitative estimate of drug-likeness (QED) is 0.851. The van der Waals surface area contributed by atoms with E-state index in [0.717, 1.165) is 4.90 Å². The standard InChI is InChI=1S/C18H20F3N4O2/c1-10-5-7-22-14(24-10)13-11(2)12(16(3,4)26)9-23-15(13)25-8-6-17(25,27)18(19,20)21/h5,7,26-27H,6,8H2,1-4H3. The normalized spacial score (nSPS) is 20.6. The van der Waals surface area contributed by atoms with E-state index < -0.39 is 23.9 Å². The number of halogens is 3. The molecular formula is C18H20F3N4O2. The molecule has 0 saturated carbocycles. The van der Waals surface area contributed by atoms with Gasteiger partial charge >= 0.3 is 6.18 Å². The van der Waals surface area contributed by atoms with Crippen LogP contribution in [0.1, 0.15) is 37.1 Å². The topological polar surface area (TPSA) is 82.4 Å². The molecular weight excluding hydrogens is 361 g/mol. The fourth-order valence-corrected chi connectivity index (χ4v) is 3.18. The number of nitrogens with zero attached hydrogens (tertiary/aromatic N) is 4. The minimum absolute atomic E-state index is 0.0308. The molecule has 1 unspecified atom stereocenters. The Balaban J connectivity index is 2.25. The van der Waals surface area contributed by atoms with Crippen molar-refractivity contribution >= 4 is 5.82 Å². The summed E-state index contributed by atoms with van der Waals surface area (Å²) < 4.78 is 40.2. The first-order valence-electron chi connectivity index (χ1n) is 8.38. The van der Waals surface area contributed by atoms with Gasteiger partial charge in [-0.2, -0.15) is 13.2 Å². The number of aryl methyl sites for hydroxylation is 1. The third kappa shape index (κ3) is 3.14. The Morgan fingerprint density at radius 2 is 1.93 bits per heavy atom. The maximum Gasteiger partial charge on any atom is 0.436 e. The summed E-state index contributed by atoms with van der Waals surface area (Å²) in [5.41, 5.74) is -2.69. The first kappa shape index (κ1) is 19.5. The molecule has 0 aromatic carbocycles. The van der Waals surface area contributed by atoms with Crippen LogP contribution in [0.5, 0.6) is 0 Å². The zero-order valence-corrected chi connectivity index (χ0v) is 15.4. The minimum atomic E-state index is -4.85. The second kappa shape index (κ2) is 6.13. The Kier molecular flexibility index (Phi) is 4.43. The van der Waals surface area contributed by atoms with Gasteiger partial charge in [0.2, 0.25) is 5.72 Å². The molecule has 3 heterocycles. The van der Waals surface area contributed by atoms with Crippen molar-refractivity contribution in [1.29, 1.82) is 0 Å². The van der Waals surface area contributed by atoms with E-state index in [1.165, 1.54) is 20.0 Å². The lowest BCUT2D eigenvalue weighted by Crippen LogP contribution is -2.68. The Morgan fingerprint density at radius 3 is 2.41 bits per heavy atom. The van der Waals surface area contributed by atoms with E-state index in [0.29, 0.717) is 16.8 Å². The van der Waals surface area contributed by atoms with Crippen LogP contribution in [0.2, 0.25) is 0 Å². The highest BCUT2D eigenvalue weighted by Crippen LogP contribution is 2.47. The molecule has 3 rings (SSSR count). The monoisotopic (exact) mass is 381 g/mol. The van der Waals surface area contributed by atoms with Crippen LogP contribution in [-0.2, 0) is 5.60 Å². The minimum Gasteiger partial charge on any atom is -0.386 e. The summed E-state index contributed by atoms with van der Waals surface area (Å²) in [6.07, 6.45) is -1.18. The van der Waals surface area contributed by atoms with E-state index in [4.69, 9.17) is 0 Å². The molecule has 27 heavy (non-hydrogen) atoms. The summed E-state index contributed by atoms with van der Waals surface area (Å²) in [5, 5.41) is 20.5. The number of alkyl halides is 3. The van der Waals surface area contributed by atoms with Gasteiger partial charge in [0.1, 0.15) is 5.82 Å². The Bertz CT molecular complexity index is 880. The van der Waals surface area contributed by atoms with E-state index in [9.17, 15) is 23.4 Å². The highest BCUT2D eigenvalue weighted by atomic mass is 19.4. The van der Waals surface area contributed by atoms with Gasteiger partial charge in [0.25, 0.3) is 0 Å². The molecule has 6 nitrogen and oxygen atoms in total. The summed E-state index contributed by atoms with van der Waals surface area (Å²) in [4.78, 5) is 13.3. The molecule has 0 aliphatic carbocycles. The van der Waals surface area contributed by atoms with Crippen LogP contribution in [0, 0.1) is 20.0 Å². The lowest BCUT2D eigenvalue weighted by molar-refractivity contribution is -0.279. The number of aromatic nitrogens is 3. The second-order valence-corrected chi connectivity index (χ2v) is 7.22. The predicted molar refractivity (Wildman–Crippen MR) is 91.8 cm³/mol. The third-order valence-corrected chi connectivity index (χ3v) is 4.72. The maximum atomic E-state index is 13.4. The molecule has 0 spiro atoms. The second-order valence-electron chi connectivity index (χ2n) is 7.22. The van der Waals surface area contributed by atoms with Crippen molar-refractivity contribution in [3.8, 4) is 11.4 Å². The predicted octanol–water partition coefficient (Wildman–Crippen LogP) is 2.64. The molecule has 1 fully saturated rings. The Labute approximate surface area is 154 Å². The lowest BCUT2D eigenvalue weighted by atomic mass is 9.90. The van der Waals surface area contributed by atoms with Crippen LogP contribution in [0.15, 0.2) is 12.3 Å². The van der Waals surface area contributed by atoms with E-state index in [2.05, 4.69) is 21.1 Å². The van der Waals surface area contributed by atoms with E-state index in [1.807, 2.05) is 0 Å². The number of pyridine rings is 1. The molecule has 0 amide bonds. The van der Waals surface area contributed by atoms with Crippen LogP contribution >= 0.6 is 0 Å². The Hall–Kier alpha value is -2.26. The molecule has 9 heteroatoms. The van der Waals surface area contributed by atoms with Gasteiger partial charge in [-0.15, -0.1) is 0 Å². The molecule has 1 atom stereocenters. The van der Waals surface area contributed by atoms with Crippen molar-refractivity contribution < 1.29 is 23.4 Å². The lowest BCUT2D eigenvalue weighted by Gasteiger charge is -2.50. The fourth-order valence-electron chi connectivity index (χ4n) is 3.18. The molecule has 1 radical (unpaired) electrons. The van der Waals surface area contributed by atoms with Gasteiger partial charge in [-0.25, -0.2) is 15.0 Å². The van der Waals surface area contributed by atoms with Crippen LogP contribution in [-0.4, -0.2) is 43.6 Å². The third-order valence-electron chi connectivity index (χ3n) is 4.72. The first-order valence-corrected chi connectivity index (χ1v) is 8.38. The smallest absolute Gasteiger partial charge is 0.386 e. The fraction of sp³-hybridized carbons (Fsp3) is 0.500. The van der Waals surface area contributed by atoms with Crippen molar-refractivity contribution in [1.82, 2.24) is 15.0 Å². The van der Waals surface area contributed by atoms with E-state index in [-0.39, 0.29) is 23.8 Å². The van der Waals surface area contributed by atoms with Crippen LogP contribution in [0.4, 0.5) is 19.0 Å². The van der Waals surface area contributed by atoms with Gasteiger partial charge in [0.15, 0.2) is 5.82 Å².